The Kier molecular flexibility index (Phi) is 5.71. The van der Waals surface area contributed by atoms with Crippen LogP contribution < -0.4 is 10.9 Å². The highest BCUT2D eigenvalue weighted by atomic mass is 32.1. The zero-order valence-electron chi connectivity index (χ0n) is 16.4. The summed E-state index contributed by atoms with van der Waals surface area (Å²) in [6.07, 6.45) is 0.657. The van der Waals surface area contributed by atoms with E-state index in [4.69, 9.17) is 0 Å². The lowest BCUT2D eigenvalue weighted by Gasteiger charge is -2.20. The molecule has 0 bridgehead atoms. The van der Waals surface area contributed by atoms with Crippen LogP contribution in [0.3, 0.4) is 0 Å². The van der Waals surface area contributed by atoms with E-state index in [-0.39, 0.29) is 23.8 Å². The van der Waals surface area contributed by atoms with Crippen LogP contribution in [-0.4, -0.2) is 28.9 Å². The number of thiazole rings is 1. The third kappa shape index (κ3) is 4.37. The van der Waals surface area contributed by atoms with Crippen LogP contribution in [0, 0.1) is 12.7 Å². The van der Waals surface area contributed by atoms with Crippen LogP contribution >= 0.6 is 11.3 Å². The number of carbonyl (C=O) groups excluding carboxylic acids is 1. The molecule has 1 amide bonds. The average Bonchev–Trinajstić information content (AvgIpc) is 3.35. The standard InChI is InChI=1S/C22H23FN4OS/c1-14-20(29-21(24-14)16-8-10-17(23)11-9-16)18-12-19(26-25-18)22(28)27(2)13-15-6-4-3-5-7-15/h3-11,18-19,25-26H,12-13H2,1-2H3. The minimum Gasteiger partial charge on any atom is -0.340 e. The van der Waals surface area contributed by atoms with Crippen LogP contribution in [0.4, 0.5) is 4.39 Å². The molecule has 1 saturated heterocycles. The van der Waals surface area contributed by atoms with Crippen molar-refractivity contribution < 1.29 is 9.18 Å². The Bertz CT molecular complexity index is 990. The quantitative estimate of drug-likeness (QED) is 0.671. The summed E-state index contributed by atoms with van der Waals surface area (Å²) in [4.78, 5) is 20.3. The summed E-state index contributed by atoms with van der Waals surface area (Å²) in [5.74, 6) is -0.199. The summed E-state index contributed by atoms with van der Waals surface area (Å²) in [6, 6.07) is 16.0. The molecule has 0 aliphatic carbocycles. The van der Waals surface area contributed by atoms with Gasteiger partial charge >= 0.3 is 0 Å². The molecule has 4 rings (SSSR count). The van der Waals surface area contributed by atoms with Crippen molar-refractivity contribution >= 4 is 17.2 Å². The number of hydrazine groups is 1. The first-order valence-corrected chi connectivity index (χ1v) is 10.4. The summed E-state index contributed by atoms with van der Waals surface area (Å²) in [5.41, 5.74) is 9.32. The molecule has 2 heterocycles. The molecular formula is C22H23FN4OS. The molecule has 0 radical (unpaired) electrons. The topological polar surface area (TPSA) is 57.3 Å². The number of hydrogen-bond donors (Lipinski definition) is 2. The van der Waals surface area contributed by atoms with E-state index in [2.05, 4.69) is 15.8 Å². The van der Waals surface area contributed by atoms with Crippen molar-refractivity contribution in [2.24, 2.45) is 0 Å². The minimum atomic E-state index is -0.288. The molecule has 0 spiro atoms. The van der Waals surface area contributed by atoms with Crippen LogP contribution in [-0.2, 0) is 11.3 Å². The highest BCUT2D eigenvalue weighted by Gasteiger charge is 2.33. The van der Waals surface area contributed by atoms with Crippen LogP contribution in [0.5, 0.6) is 0 Å². The molecule has 2 aromatic carbocycles. The number of nitrogens with one attached hydrogen (secondary N) is 2. The highest BCUT2D eigenvalue weighted by molar-refractivity contribution is 7.15. The van der Waals surface area contributed by atoms with Gasteiger partial charge in [-0.3, -0.25) is 4.79 Å². The molecule has 1 aliphatic heterocycles. The van der Waals surface area contributed by atoms with Crippen molar-refractivity contribution in [3.8, 4) is 10.6 Å². The van der Waals surface area contributed by atoms with Gasteiger partial charge in [0.15, 0.2) is 0 Å². The fraction of sp³-hybridized carbons (Fsp3) is 0.273. The molecular weight excluding hydrogens is 387 g/mol. The second-order valence-corrected chi connectivity index (χ2v) is 8.32. The normalized spacial score (nSPS) is 18.7. The number of likely N-dealkylation sites (N-methyl/N-ethyl adjacent to an activating group) is 1. The van der Waals surface area contributed by atoms with Gasteiger partial charge in [-0.1, -0.05) is 30.3 Å². The lowest BCUT2D eigenvalue weighted by atomic mass is 10.1. The number of benzene rings is 2. The first kappa shape index (κ1) is 19.7. The molecule has 2 atom stereocenters. The lowest BCUT2D eigenvalue weighted by molar-refractivity contribution is -0.132. The molecule has 2 unspecified atom stereocenters. The predicted octanol–water partition coefficient (Wildman–Crippen LogP) is 3.82. The molecule has 0 saturated carbocycles. The molecule has 150 valence electrons. The predicted molar refractivity (Wildman–Crippen MR) is 113 cm³/mol. The van der Waals surface area contributed by atoms with Gasteiger partial charge in [-0.2, -0.15) is 0 Å². The Morgan fingerprint density at radius 2 is 1.90 bits per heavy atom. The van der Waals surface area contributed by atoms with Gasteiger partial charge in [0.05, 0.1) is 11.7 Å². The number of halogens is 1. The van der Waals surface area contributed by atoms with Gasteiger partial charge in [0.2, 0.25) is 5.91 Å². The Morgan fingerprint density at radius 1 is 1.17 bits per heavy atom. The second kappa shape index (κ2) is 8.41. The molecule has 5 nitrogen and oxygen atoms in total. The van der Waals surface area contributed by atoms with Crippen molar-refractivity contribution in [3.63, 3.8) is 0 Å². The van der Waals surface area contributed by atoms with Gasteiger partial charge in [0, 0.05) is 24.0 Å². The number of nitrogens with zero attached hydrogens (tertiary/aromatic N) is 2. The van der Waals surface area contributed by atoms with Crippen LogP contribution in [0.2, 0.25) is 0 Å². The number of carbonyl (C=O) groups is 1. The number of hydrogen-bond acceptors (Lipinski definition) is 5. The van der Waals surface area contributed by atoms with E-state index in [9.17, 15) is 9.18 Å². The zero-order chi connectivity index (χ0) is 20.4. The summed E-state index contributed by atoms with van der Waals surface area (Å²) in [5, 5.41) is 0.857. The van der Waals surface area contributed by atoms with E-state index >= 15 is 0 Å². The first-order chi connectivity index (χ1) is 14.0. The molecule has 1 fully saturated rings. The van der Waals surface area contributed by atoms with Gasteiger partial charge in [0.25, 0.3) is 0 Å². The van der Waals surface area contributed by atoms with E-state index in [1.807, 2.05) is 44.3 Å². The third-order valence-corrected chi connectivity index (χ3v) is 6.40. The van der Waals surface area contributed by atoms with E-state index in [1.54, 1.807) is 28.4 Å². The fourth-order valence-electron chi connectivity index (χ4n) is 3.54. The summed E-state index contributed by atoms with van der Waals surface area (Å²) < 4.78 is 13.2. The summed E-state index contributed by atoms with van der Waals surface area (Å²) in [7, 11) is 1.83. The molecule has 7 heteroatoms. The van der Waals surface area contributed by atoms with E-state index in [0.29, 0.717) is 13.0 Å². The monoisotopic (exact) mass is 410 g/mol. The first-order valence-electron chi connectivity index (χ1n) is 9.54. The second-order valence-electron chi connectivity index (χ2n) is 7.29. The summed E-state index contributed by atoms with van der Waals surface area (Å²) >= 11 is 1.58. The number of rotatable bonds is 5. The molecule has 1 aromatic heterocycles. The Hall–Kier alpha value is -2.61. The number of amides is 1. The van der Waals surface area contributed by atoms with Crippen molar-refractivity contribution in [1.29, 1.82) is 0 Å². The average molecular weight is 411 g/mol. The van der Waals surface area contributed by atoms with Crippen LogP contribution in [0.1, 0.15) is 28.6 Å². The van der Waals surface area contributed by atoms with Gasteiger partial charge in [0.1, 0.15) is 16.9 Å². The largest absolute Gasteiger partial charge is 0.340 e. The van der Waals surface area contributed by atoms with E-state index in [0.717, 1.165) is 26.7 Å². The van der Waals surface area contributed by atoms with Gasteiger partial charge in [-0.25, -0.2) is 20.2 Å². The maximum absolute atomic E-state index is 13.2. The Labute approximate surface area is 173 Å². The molecule has 1 aliphatic rings. The SMILES string of the molecule is Cc1nc(-c2ccc(F)cc2)sc1C1CC(C(=O)N(C)Cc2ccccc2)NN1. The van der Waals surface area contributed by atoms with E-state index < -0.39 is 0 Å². The van der Waals surface area contributed by atoms with Crippen molar-refractivity contribution in [3.05, 3.63) is 76.5 Å². The van der Waals surface area contributed by atoms with Gasteiger partial charge in [-0.05, 0) is 43.2 Å². The van der Waals surface area contributed by atoms with Crippen molar-refractivity contribution in [2.45, 2.75) is 32.0 Å². The van der Waals surface area contributed by atoms with Gasteiger partial charge < -0.3 is 4.90 Å². The lowest BCUT2D eigenvalue weighted by Crippen LogP contribution is -2.43. The Balaban J connectivity index is 1.43. The molecule has 29 heavy (non-hydrogen) atoms. The molecule has 2 N–H and O–H groups in total. The number of aryl methyl sites for hydroxylation is 1. The maximum atomic E-state index is 13.2. The van der Waals surface area contributed by atoms with Gasteiger partial charge in [-0.15, -0.1) is 11.3 Å². The highest BCUT2D eigenvalue weighted by Crippen LogP contribution is 2.35. The van der Waals surface area contributed by atoms with E-state index in [1.165, 1.54) is 12.1 Å². The van der Waals surface area contributed by atoms with Crippen molar-refractivity contribution in [2.75, 3.05) is 7.05 Å². The van der Waals surface area contributed by atoms with Crippen LogP contribution in [0.15, 0.2) is 54.6 Å². The number of aromatic nitrogens is 1. The third-order valence-electron chi connectivity index (χ3n) is 5.08. The Morgan fingerprint density at radius 3 is 2.62 bits per heavy atom. The zero-order valence-corrected chi connectivity index (χ0v) is 17.2. The minimum absolute atomic E-state index is 0.0146. The fourth-order valence-corrected chi connectivity index (χ4v) is 4.67. The van der Waals surface area contributed by atoms with Crippen LogP contribution in [0.25, 0.3) is 10.6 Å². The maximum Gasteiger partial charge on any atom is 0.241 e. The van der Waals surface area contributed by atoms with Crippen molar-refractivity contribution in [1.82, 2.24) is 20.7 Å². The molecule has 3 aromatic rings. The smallest absolute Gasteiger partial charge is 0.241 e. The summed E-state index contributed by atoms with van der Waals surface area (Å²) in [6.45, 7) is 2.55.